The Kier molecular flexibility index (Phi) is 5.24. The van der Waals surface area contributed by atoms with Crippen LogP contribution in [0, 0.1) is 0 Å². The van der Waals surface area contributed by atoms with Crippen LogP contribution in [0.25, 0.3) is 0 Å². The van der Waals surface area contributed by atoms with Crippen LogP contribution in [0.1, 0.15) is 40.5 Å². The molecule has 0 aromatic rings. The summed E-state index contributed by atoms with van der Waals surface area (Å²) < 4.78 is 0. The van der Waals surface area contributed by atoms with Crippen molar-refractivity contribution < 1.29 is 9.90 Å². The molecule has 0 fully saturated rings. The molecule has 0 saturated heterocycles. The summed E-state index contributed by atoms with van der Waals surface area (Å²) in [7, 11) is 1.64. The van der Waals surface area contributed by atoms with Crippen molar-refractivity contribution >= 4 is 5.91 Å². The predicted molar refractivity (Wildman–Crippen MR) is 61.7 cm³/mol. The minimum absolute atomic E-state index is 0.0536. The smallest absolute Gasteiger partial charge is 0.219 e. The summed E-state index contributed by atoms with van der Waals surface area (Å²) in [5, 5.41) is 15.7. The molecule has 0 aromatic carbocycles. The van der Waals surface area contributed by atoms with Gasteiger partial charge < -0.3 is 15.7 Å². The molecule has 0 aliphatic rings. The zero-order chi connectivity index (χ0) is 12.1. The first kappa shape index (κ1) is 14.4. The number of carbonyl (C=O) groups is 1. The van der Waals surface area contributed by atoms with Gasteiger partial charge in [-0.3, -0.25) is 4.79 Å². The Morgan fingerprint density at radius 1 is 1.27 bits per heavy atom. The number of amides is 1. The van der Waals surface area contributed by atoms with Crippen molar-refractivity contribution in [2.75, 3.05) is 13.6 Å². The van der Waals surface area contributed by atoms with E-state index in [1.54, 1.807) is 20.9 Å². The fraction of sp³-hybridized carbons (Fsp3) is 0.909. The topological polar surface area (TPSA) is 61.4 Å². The Hall–Kier alpha value is -0.610. The van der Waals surface area contributed by atoms with Crippen LogP contribution in [0.4, 0.5) is 0 Å². The van der Waals surface area contributed by atoms with Crippen LogP contribution >= 0.6 is 0 Å². The van der Waals surface area contributed by atoms with Gasteiger partial charge in [-0.15, -0.1) is 0 Å². The van der Waals surface area contributed by atoms with Crippen molar-refractivity contribution in [3.8, 4) is 0 Å². The van der Waals surface area contributed by atoms with Gasteiger partial charge in [0.05, 0.1) is 5.60 Å². The van der Waals surface area contributed by atoms with Gasteiger partial charge in [-0.1, -0.05) is 0 Å². The van der Waals surface area contributed by atoms with E-state index in [0.29, 0.717) is 6.42 Å². The largest absolute Gasteiger partial charge is 0.389 e. The first-order valence-electron chi connectivity index (χ1n) is 5.38. The number of rotatable bonds is 6. The molecular weight excluding hydrogens is 192 g/mol. The number of hydrogen-bond acceptors (Lipinski definition) is 3. The summed E-state index contributed by atoms with van der Waals surface area (Å²) in [6.07, 6.45) is 1.30. The molecule has 0 aliphatic heterocycles. The van der Waals surface area contributed by atoms with Crippen molar-refractivity contribution in [2.24, 2.45) is 0 Å². The van der Waals surface area contributed by atoms with E-state index in [1.807, 2.05) is 13.8 Å². The number of nitrogens with one attached hydrogen (secondary N) is 2. The van der Waals surface area contributed by atoms with Crippen molar-refractivity contribution in [1.29, 1.82) is 0 Å². The van der Waals surface area contributed by atoms with Crippen molar-refractivity contribution in [1.82, 2.24) is 10.6 Å². The highest BCUT2D eigenvalue weighted by Crippen LogP contribution is 2.20. The van der Waals surface area contributed by atoms with Crippen LogP contribution < -0.4 is 10.6 Å². The molecule has 3 N–H and O–H groups in total. The Labute approximate surface area is 92.4 Å². The average molecular weight is 216 g/mol. The summed E-state index contributed by atoms with van der Waals surface area (Å²) in [4.78, 5) is 10.9. The molecule has 0 unspecified atom stereocenters. The van der Waals surface area contributed by atoms with Crippen molar-refractivity contribution in [2.45, 2.75) is 51.7 Å². The number of hydrogen-bond donors (Lipinski definition) is 3. The molecule has 0 spiro atoms. The minimum Gasteiger partial charge on any atom is -0.389 e. The summed E-state index contributed by atoms with van der Waals surface area (Å²) >= 11 is 0. The Bertz CT molecular complexity index is 207. The second-order valence-corrected chi connectivity index (χ2v) is 4.89. The first-order valence-corrected chi connectivity index (χ1v) is 5.38. The molecule has 1 amide bonds. The van der Waals surface area contributed by atoms with Crippen molar-refractivity contribution in [3.63, 3.8) is 0 Å². The second kappa shape index (κ2) is 5.47. The molecular formula is C11H24N2O2. The third-order valence-electron chi connectivity index (χ3n) is 2.96. The van der Waals surface area contributed by atoms with Crippen LogP contribution in [0.3, 0.4) is 0 Å². The first-order chi connectivity index (χ1) is 6.70. The van der Waals surface area contributed by atoms with E-state index in [9.17, 15) is 9.90 Å². The maximum atomic E-state index is 10.9. The molecule has 4 nitrogen and oxygen atoms in total. The van der Waals surface area contributed by atoms with E-state index < -0.39 is 5.60 Å². The highest BCUT2D eigenvalue weighted by molar-refractivity contribution is 5.75. The van der Waals surface area contributed by atoms with Crippen LogP contribution in [-0.4, -0.2) is 35.7 Å². The molecule has 0 aromatic heterocycles. The lowest BCUT2D eigenvalue weighted by atomic mass is 9.86. The van der Waals surface area contributed by atoms with Gasteiger partial charge in [0.25, 0.3) is 0 Å². The van der Waals surface area contributed by atoms with Gasteiger partial charge >= 0.3 is 0 Å². The molecule has 0 aliphatic carbocycles. The highest BCUT2D eigenvalue weighted by Gasteiger charge is 2.33. The summed E-state index contributed by atoms with van der Waals surface area (Å²) in [6, 6.07) is 0. The summed E-state index contributed by atoms with van der Waals surface area (Å²) in [5.74, 6) is 0.0536. The third kappa shape index (κ3) is 5.14. The van der Waals surface area contributed by atoms with Crippen LogP contribution in [0.5, 0.6) is 0 Å². The quantitative estimate of drug-likeness (QED) is 0.571. The lowest BCUT2D eigenvalue weighted by Crippen LogP contribution is -2.56. The van der Waals surface area contributed by atoms with Gasteiger partial charge in [0.1, 0.15) is 0 Å². The van der Waals surface area contributed by atoms with Gasteiger partial charge in [-0.2, -0.15) is 0 Å². The predicted octanol–water partition coefficient (Wildman–Crippen LogP) is 0.652. The molecule has 15 heavy (non-hydrogen) atoms. The normalized spacial score (nSPS) is 12.7. The lowest BCUT2D eigenvalue weighted by molar-refractivity contribution is -0.120. The minimum atomic E-state index is -0.778. The standard InChI is InChI=1S/C11H24N2O2/c1-10(2,11(3,4)15)13-8-6-7-9(14)12-5/h13,15H,6-8H2,1-5H3,(H,12,14). The van der Waals surface area contributed by atoms with E-state index in [4.69, 9.17) is 0 Å². The Morgan fingerprint density at radius 2 is 1.80 bits per heavy atom. The molecule has 0 atom stereocenters. The number of aliphatic hydroxyl groups is 1. The van der Waals surface area contributed by atoms with E-state index in [0.717, 1.165) is 13.0 Å². The van der Waals surface area contributed by atoms with Gasteiger partial charge in [-0.05, 0) is 40.7 Å². The van der Waals surface area contributed by atoms with E-state index in [1.165, 1.54) is 0 Å². The van der Waals surface area contributed by atoms with Gasteiger partial charge in [0, 0.05) is 19.0 Å². The maximum Gasteiger partial charge on any atom is 0.219 e. The molecule has 0 bridgehead atoms. The van der Waals surface area contributed by atoms with E-state index in [2.05, 4.69) is 10.6 Å². The third-order valence-corrected chi connectivity index (χ3v) is 2.96. The summed E-state index contributed by atoms with van der Waals surface area (Å²) in [5.41, 5.74) is -1.13. The number of carbonyl (C=O) groups excluding carboxylic acids is 1. The molecule has 0 saturated carbocycles. The molecule has 90 valence electrons. The van der Waals surface area contributed by atoms with Gasteiger partial charge in [0.15, 0.2) is 0 Å². The van der Waals surface area contributed by atoms with Crippen molar-refractivity contribution in [3.05, 3.63) is 0 Å². The zero-order valence-electron chi connectivity index (χ0n) is 10.5. The molecule has 4 heteroatoms. The van der Waals surface area contributed by atoms with E-state index in [-0.39, 0.29) is 11.4 Å². The van der Waals surface area contributed by atoms with Crippen LogP contribution in [0.2, 0.25) is 0 Å². The SMILES string of the molecule is CNC(=O)CCCNC(C)(C)C(C)(C)O. The molecule has 0 heterocycles. The fourth-order valence-corrected chi connectivity index (χ4v) is 0.991. The van der Waals surface area contributed by atoms with E-state index >= 15 is 0 Å². The monoisotopic (exact) mass is 216 g/mol. The highest BCUT2D eigenvalue weighted by atomic mass is 16.3. The van der Waals surface area contributed by atoms with Gasteiger partial charge in [-0.25, -0.2) is 0 Å². The molecule has 0 rings (SSSR count). The second-order valence-electron chi connectivity index (χ2n) is 4.89. The fourth-order valence-electron chi connectivity index (χ4n) is 0.991. The maximum absolute atomic E-state index is 10.9. The van der Waals surface area contributed by atoms with Crippen LogP contribution in [0.15, 0.2) is 0 Å². The average Bonchev–Trinajstić information content (AvgIpc) is 2.10. The Balaban J connectivity index is 3.82. The Morgan fingerprint density at radius 3 is 2.20 bits per heavy atom. The van der Waals surface area contributed by atoms with Gasteiger partial charge in [0.2, 0.25) is 5.91 Å². The van der Waals surface area contributed by atoms with Crippen LogP contribution in [-0.2, 0) is 4.79 Å². The lowest BCUT2D eigenvalue weighted by Gasteiger charge is -2.38. The zero-order valence-corrected chi connectivity index (χ0v) is 10.5. The summed E-state index contributed by atoms with van der Waals surface area (Å²) in [6.45, 7) is 8.18. The molecule has 0 radical (unpaired) electrons.